The summed E-state index contributed by atoms with van der Waals surface area (Å²) in [5.41, 5.74) is 5.25. The van der Waals surface area contributed by atoms with Gasteiger partial charge in [0, 0.05) is 24.2 Å². The zero-order valence-corrected chi connectivity index (χ0v) is 13.8. The van der Waals surface area contributed by atoms with E-state index in [4.69, 9.17) is 4.98 Å². The number of rotatable bonds is 3. The molecule has 2 atom stereocenters. The fraction of sp³-hybridized carbons (Fsp3) is 0.333. The predicted octanol–water partition coefficient (Wildman–Crippen LogP) is 1.07. The van der Waals surface area contributed by atoms with Gasteiger partial charge in [-0.3, -0.25) is 15.2 Å². The van der Waals surface area contributed by atoms with Crippen molar-refractivity contribution >= 4 is 30.1 Å². The van der Waals surface area contributed by atoms with E-state index in [-0.39, 0.29) is 17.6 Å². The van der Waals surface area contributed by atoms with Crippen molar-refractivity contribution in [2.75, 3.05) is 5.01 Å². The van der Waals surface area contributed by atoms with Gasteiger partial charge in [0.15, 0.2) is 5.82 Å². The number of pyridine rings is 1. The van der Waals surface area contributed by atoms with Gasteiger partial charge < -0.3 is 0 Å². The van der Waals surface area contributed by atoms with E-state index in [0.29, 0.717) is 11.2 Å². The Morgan fingerprint density at radius 2 is 2.21 bits per heavy atom. The van der Waals surface area contributed by atoms with Gasteiger partial charge in [0.1, 0.15) is 11.6 Å². The lowest BCUT2D eigenvalue weighted by molar-refractivity contribution is -0.124. The van der Waals surface area contributed by atoms with E-state index >= 15 is 0 Å². The van der Waals surface area contributed by atoms with Crippen LogP contribution in [0.4, 0.5) is 11.5 Å². The molecule has 1 aliphatic heterocycles. The summed E-state index contributed by atoms with van der Waals surface area (Å²) in [5.74, 6) is 1.84. The third-order valence-electron chi connectivity index (χ3n) is 4.95. The fourth-order valence-corrected chi connectivity index (χ4v) is 3.36. The number of carbonyl (C=O) groups excluding carboxylic acids is 1. The highest BCUT2D eigenvalue weighted by molar-refractivity contribution is 5.80. The number of aryl methyl sites for hydroxylation is 1. The fourth-order valence-electron chi connectivity index (χ4n) is 3.36. The number of nitrogens with one attached hydrogen (secondary N) is 1. The number of fused-ring (bicyclic) bond motifs is 1. The highest BCUT2D eigenvalue weighted by Gasteiger charge is 2.38. The molecule has 2 aromatic rings. The minimum Gasteiger partial charge on any atom is -0.300 e. The molecule has 0 radical (unpaired) electrons. The van der Waals surface area contributed by atoms with Crippen LogP contribution in [0.2, 0.25) is 0 Å². The largest absolute Gasteiger partial charge is 0.300 e. The van der Waals surface area contributed by atoms with E-state index in [9.17, 15) is 4.79 Å². The molecule has 1 N–H and O–H groups in total. The van der Waals surface area contributed by atoms with Crippen molar-refractivity contribution < 1.29 is 4.79 Å². The van der Waals surface area contributed by atoms with Crippen molar-refractivity contribution in [2.24, 2.45) is 5.92 Å². The van der Waals surface area contributed by atoms with Crippen LogP contribution in [0.3, 0.4) is 0 Å². The monoisotopic (exact) mass is 321 g/mol. The highest BCUT2D eigenvalue weighted by Crippen LogP contribution is 2.41. The number of aromatic nitrogens is 3. The molecule has 0 amide bonds. The Morgan fingerprint density at radius 1 is 1.38 bits per heavy atom. The lowest BCUT2D eigenvalue weighted by Gasteiger charge is -2.33. The zero-order valence-electron chi connectivity index (χ0n) is 13.8. The Labute approximate surface area is 139 Å². The highest BCUT2D eigenvalue weighted by atomic mass is 16.1. The van der Waals surface area contributed by atoms with Crippen LogP contribution in [-0.2, 0) is 4.79 Å². The van der Waals surface area contributed by atoms with Crippen LogP contribution < -0.4 is 21.0 Å². The van der Waals surface area contributed by atoms with Crippen LogP contribution in [0.15, 0.2) is 18.5 Å². The van der Waals surface area contributed by atoms with Gasteiger partial charge in [-0.05, 0) is 38.3 Å². The van der Waals surface area contributed by atoms with Crippen LogP contribution in [-0.4, -0.2) is 20.7 Å². The summed E-state index contributed by atoms with van der Waals surface area (Å²) in [6.07, 6.45) is 7.30. The maximum Gasteiger partial charge on any atom is 0.165 e. The lowest BCUT2D eigenvalue weighted by Crippen LogP contribution is -2.37. The molecule has 0 spiro atoms. The molecule has 3 heterocycles. The summed E-state index contributed by atoms with van der Waals surface area (Å²) in [6.45, 7) is 7.74. The number of carbonyl (C=O) groups is 1. The second-order valence-electron chi connectivity index (χ2n) is 6.44. The summed E-state index contributed by atoms with van der Waals surface area (Å²) in [5, 5.41) is 3.46. The van der Waals surface area contributed by atoms with Gasteiger partial charge in [-0.25, -0.2) is 15.0 Å². The van der Waals surface area contributed by atoms with Crippen LogP contribution in [0.1, 0.15) is 37.1 Å². The maximum absolute atomic E-state index is 11.8. The molecule has 1 fully saturated rings. The Bertz CT molecular complexity index is 939. The van der Waals surface area contributed by atoms with Crippen molar-refractivity contribution in [3.8, 4) is 0 Å². The van der Waals surface area contributed by atoms with E-state index in [1.807, 2.05) is 24.2 Å². The molecule has 24 heavy (non-hydrogen) atoms. The maximum atomic E-state index is 11.8. The third-order valence-corrected chi connectivity index (χ3v) is 4.95. The summed E-state index contributed by atoms with van der Waals surface area (Å²) in [4.78, 5) is 25.3. The van der Waals surface area contributed by atoms with Crippen LogP contribution in [0.5, 0.6) is 0 Å². The summed E-state index contributed by atoms with van der Waals surface area (Å²) < 4.78 is 0. The van der Waals surface area contributed by atoms with Crippen molar-refractivity contribution in [3.63, 3.8) is 0 Å². The van der Waals surface area contributed by atoms with E-state index in [0.717, 1.165) is 35.1 Å². The van der Waals surface area contributed by atoms with Gasteiger partial charge in [-0.2, -0.15) is 0 Å². The minimum atomic E-state index is 0.0365. The molecule has 122 valence electrons. The molecule has 6 heteroatoms. The number of hydrazine groups is 1. The van der Waals surface area contributed by atoms with E-state index in [1.54, 1.807) is 19.3 Å². The number of Topliss-reactive ketones (excluding diaryl/α,β-unsaturated/α-hetero) is 1. The number of hydrogen-bond donors (Lipinski definition) is 1. The van der Waals surface area contributed by atoms with Crippen molar-refractivity contribution in [3.05, 3.63) is 40.4 Å². The zero-order chi connectivity index (χ0) is 16.8. The summed E-state index contributed by atoms with van der Waals surface area (Å²) in [6, 6.07) is 1.96. The Hall–Kier alpha value is -2.76. The van der Waals surface area contributed by atoms with E-state index < -0.39 is 0 Å². The van der Waals surface area contributed by atoms with Crippen LogP contribution in [0, 0.1) is 12.8 Å². The van der Waals surface area contributed by atoms with Gasteiger partial charge in [0.2, 0.25) is 0 Å². The van der Waals surface area contributed by atoms with Gasteiger partial charge >= 0.3 is 0 Å². The van der Waals surface area contributed by atoms with Gasteiger partial charge in [0.25, 0.3) is 0 Å². The second kappa shape index (κ2) is 5.40. The van der Waals surface area contributed by atoms with Gasteiger partial charge in [-0.1, -0.05) is 6.58 Å². The summed E-state index contributed by atoms with van der Waals surface area (Å²) in [7, 11) is 0. The second-order valence-corrected chi connectivity index (χ2v) is 6.44. The summed E-state index contributed by atoms with van der Waals surface area (Å²) >= 11 is 0. The molecule has 6 nitrogen and oxygen atoms in total. The molecule has 0 unspecified atom stereocenters. The van der Waals surface area contributed by atoms with Crippen LogP contribution >= 0.6 is 0 Å². The smallest absolute Gasteiger partial charge is 0.165 e. The number of nitrogens with zero attached hydrogens (tertiary/aromatic N) is 4. The molecule has 2 aliphatic rings. The van der Waals surface area contributed by atoms with Gasteiger partial charge in [-0.15, -0.1) is 0 Å². The quantitative estimate of drug-likeness (QED) is 0.912. The van der Waals surface area contributed by atoms with Crippen molar-refractivity contribution in [2.45, 2.75) is 32.6 Å². The van der Waals surface area contributed by atoms with Crippen LogP contribution in [0.25, 0.3) is 12.8 Å². The number of hydrogen-bond acceptors (Lipinski definition) is 6. The number of ketones is 1. The Balaban J connectivity index is 1.79. The molecule has 0 saturated heterocycles. The first kappa shape index (κ1) is 14.8. The van der Waals surface area contributed by atoms with Crippen molar-refractivity contribution in [1.82, 2.24) is 20.4 Å². The SMILES string of the molecule is C=c1nc([C@@H]2CC[C@H]2C(C)=O)nc2c1=CNN2c1cnccc1C. The standard InChI is InChI=1S/C18H19N5O/c1-10-6-7-19-9-16(10)23-18-15(8-20-23)11(2)21-17(22-18)14-5-4-13(14)12(3)24/h6-9,13-14,20H,2,4-5H2,1,3H3/t13-,14+/m0/s1. The molecule has 0 bridgehead atoms. The van der Waals surface area contributed by atoms with E-state index in [2.05, 4.69) is 22.0 Å². The molecule has 0 aromatic carbocycles. The normalized spacial score (nSPS) is 21.5. The Morgan fingerprint density at radius 3 is 2.88 bits per heavy atom. The first-order valence-electron chi connectivity index (χ1n) is 8.10. The topological polar surface area (TPSA) is 71.0 Å². The molecular formula is C18H19N5O. The molecule has 4 rings (SSSR count). The molecule has 1 aliphatic carbocycles. The first-order chi connectivity index (χ1) is 11.6. The van der Waals surface area contributed by atoms with Crippen molar-refractivity contribution in [1.29, 1.82) is 0 Å². The Kier molecular flexibility index (Phi) is 3.33. The third kappa shape index (κ3) is 2.18. The molecular weight excluding hydrogens is 302 g/mol. The predicted molar refractivity (Wildman–Crippen MR) is 91.7 cm³/mol. The average Bonchev–Trinajstić information content (AvgIpc) is 2.90. The average molecular weight is 321 g/mol. The van der Waals surface area contributed by atoms with E-state index in [1.165, 1.54) is 0 Å². The molecule has 1 saturated carbocycles. The minimum absolute atomic E-state index is 0.0365. The lowest BCUT2D eigenvalue weighted by atomic mass is 9.71. The van der Waals surface area contributed by atoms with Gasteiger partial charge in [0.05, 0.1) is 22.5 Å². The number of anilines is 2. The first-order valence-corrected chi connectivity index (χ1v) is 8.10. The molecule has 2 aromatic heterocycles.